The first-order valence-corrected chi connectivity index (χ1v) is 9.07. The molecule has 0 aliphatic carbocycles. The van der Waals surface area contributed by atoms with E-state index in [2.05, 4.69) is 29.7 Å². The Kier molecular flexibility index (Phi) is 5.22. The molecule has 0 spiro atoms. The lowest BCUT2D eigenvalue weighted by molar-refractivity contribution is -0.137. The van der Waals surface area contributed by atoms with Crippen LogP contribution in [0.1, 0.15) is 33.6 Å². The summed E-state index contributed by atoms with van der Waals surface area (Å²) >= 11 is 0. The van der Waals surface area contributed by atoms with Crippen LogP contribution in [0.25, 0.3) is 0 Å². The van der Waals surface area contributed by atoms with E-state index in [0.717, 1.165) is 30.6 Å². The molecule has 3 aliphatic rings. The number of ether oxygens (including phenoxy) is 1. The molecule has 0 amide bonds. The predicted octanol–water partition coefficient (Wildman–Crippen LogP) is 2.47. The summed E-state index contributed by atoms with van der Waals surface area (Å²) in [5.41, 5.74) is 0.740. The van der Waals surface area contributed by atoms with Gasteiger partial charge in [-0.25, -0.2) is 4.79 Å². The molecule has 4 atom stereocenters. The van der Waals surface area contributed by atoms with Gasteiger partial charge in [-0.15, -0.1) is 0 Å². The molecule has 4 unspecified atom stereocenters. The van der Waals surface area contributed by atoms with Crippen molar-refractivity contribution in [2.75, 3.05) is 32.8 Å². The molecule has 4 nitrogen and oxygen atoms in total. The normalized spacial score (nSPS) is 37.4. The van der Waals surface area contributed by atoms with Gasteiger partial charge in [-0.3, -0.25) is 9.80 Å². The lowest BCUT2D eigenvalue weighted by Crippen LogP contribution is -2.47. The number of likely N-dealkylation sites (N-methyl/N-ethyl adjacent to an activating group) is 1. The van der Waals surface area contributed by atoms with Crippen molar-refractivity contribution in [3.05, 3.63) is 23.8 Å². The predicted molar refractivity (Wildman–Crippen MR) is 92.1 cm³/mol. The molecule has 2 bridgehead atoms. The number of hydrogen-bond donors (Lipinski definition) is 0. The molecule has 23 heavy (non-hydrogen) atoms. The van der Waals surface area contributed by atoms with Crippen LogP contribution in [0.3, 0.4) is 0 Å². The average molecular weight is 318 g/mol. The van der Waals surface area contributed by atoms with Gasteiger partial charge in [0.15, 0.2) is 0 Å². The van der Waals surface area contributed by atoms with E-state index in [1.165, 1.54) is 26.1 Å². The van der Waals surface area contributed by atoms with Gasteiger partial charge in [0, 0.05) is 37.3 Å². The highest BCUT2D eigenvalue weighted by atomic mass is 16.5. The maximum atomic E-state index is 11.7. The highest BCUT2D eigenvalue weighted by molar-refractivity contribution is 5.87. The Morgan fingerprint density at radius 1 is 1.30 bits per heavy atom. The molecular weight excluding hydrogens is 288 g/mol. The second kappa shape index (κ2) is 7.18. The second-order valence-corrected chi connectivity index (χ2v) is 7.38. The molecular formula is C19H30N2O2. The maximum absolute atomic E-state index is 11.7. The van der Waals surface area contributed by atoms with Gasteiger partial charge in [-0.1, -0.05) is 32.1 Å². The van der Waals surface area contributed by atoms with Gasteiger partial charge in [0.1, 0.15) is 6.61 Å². The number of carbonyl (C=O) groups is 1. The van der Waals surface area contributed by atoms with Crippen LogP contribution >= 0.6 is 0 Å². The van der Waals surface area contributed by atoms with Crippen molar-refractivity contribution < 1.29 is 9.53 Å². The van der Waals surface area contributed by atoms with Crippen molar-refractivity contribution in [1.29, 1.82) is 0 Å². The molecule has 0 radical (unpaired) electrons. The summed E-state index contributed by atoms with van der Waals surface area (Å²) in [5.74, 6) is 0.901. The number of rotatable bonds is 4. The van der Waals surface area contributed by atoms with E-state index in [0.29, 0.717) is 18.4 Å². The Hall–Kier alpha value is -1.13. The van der Waals surface area contributed by atoms with Crippen molar-refractivity contribution in [3.8, 4) is 0 Å². The van der Waals surface area contributed by atoms with Crippen molar-refractivity contribution in [2.45, 2.75) is 45.7 Å². The van der Waals surface area contributed by atoms with Crippen molar-refractivity contribution >= 4 is 5.97 Å². The van der Waals surface area contributed by atoms with Gasteiger partial charge < -0.3 is 4.74 Å². The number of hydrogen-bond acceptors (Lipinski definition) is 4. The summed E-state index contributed by atoms with van der Waals surface area (Å²) in [6.45, 7) is 11.7. The van der Waals surface area contributed by atoms with E-state index >= 15 is 0 Å². The van der Waals surface area contributed by atoms with Gasteiger partial charge >= 0.3 is 5.97 Å². The molecule has 3 aliphatic heterocycles. The number of carbonyl (C=O) groups excluding carboxylic acids is 1. The van der Waals surface area contributed by atoms with Gasteiger partial charge in [0.05, 0.1) is 0 Å². The zero-order chi connectivity index (χ0) is 16.4. The maximum Gasteiger partial charge on any atom is 0.333 e. The highest BCUT2D eigenvalue weighted by Gasteiger charge is 2.42. The van der Waals surface area contributed by atoms with Crippen LogP contribution < -0.4 is 0 Å². The molecule has 0 saturated carbocycles. The second-order valence-electron chi connectivity index (χ2n) is 7.38. The fraction of sp³-hybridized carbons (Fsp3) is 0.737. The smallest absolute Gasteiger partial charge is 0.333 e. The summed E-state index contributed by atoms with van der Waals surface area (Å²) in [6.07, 6.45) is 8.60. The van der Waals surface area contributed by atoms with E-state index < -0.39 is 0 Å². The zero-order valence-electron chi connectivity index (χ0n) is 14.7. The SMILES string of the molecule is CCN1CC2CC1CN2CC(C)C1/C=C/COC(=O)/C(C)=C/C1. The summed E-state index contributed by atoms with van der Waals surface area (Å²) in [4.78, 5) is 17.0. The van der Waals surface area contributed by atoms with E-state index in [1.807, 2.05) is 19.1 Å². The minimum absolute atomic E-state index is 0.181. The lowest BCUT2D eigenvalue weighted by Gasteiger charge is -2.36. The molecule has 0 aromatic rings. The van der Waals surface area contributed by atoms with Crippen LogP contribution in [0.5, 0.6) is 0 Å². The minimum atomic E-state index is -0.181. The van der Waals surface area contributed by atoms with Crippen LogP contribution in [0.2, 0.25) is 0 Å². The number of allylic oxidation sites excluding steroid dienone is 2. The van der Waals surface area contributed by atoms with Crippen LogP contribution in [0.15, 0.2) is 23.8 Å². The molecule has 3 rings (SSSR count). The Labute approximate surface area is 140 Å². The molecule has 128 valence electrons. The van der Waals surface area contributed by atoms with E-state index in [1.54, 1.807) is 0 Å². The first-order valence-electron chi connectivity index (χ1n) is 9.07. The lowest BCUT2D eigenvalue weighted by atomic mass is 9.89. The molecule has 0 aromatic carbocycles. The summed E-state index contributed by atoms with van der Waals surface area (Å²) in [6, 6.07) is 1.53. The topological polar surface area (TPSA) is 32.8 Å². The van der Waals surface area contributed by atoms with Crippen LogP contribution in [-0.2, 0) is 9.53 Å². The third kappa shape index (κ3) is 3.69. The first kappa shape index (κ1) is 16.7. The monoisotopic (exact) mass is 318 g/mol. The number of cyclic esters (lactones) is 1. The van der Waals surface area contributed by atoms with Gasteiger partial charge in [0.2, 0.25) is 0 Å². The molecule has 2 saturated heterocycles. The molecule has 0 aromatic heterocycles. The summed E-state index contributed by atoms with van der Waals surface area (Å²) in [5, 5.41) is 0. The van der Waals surface area contributed by atoms with Crippen LogP contribution in [0, 0.1) is 11.8 Å². The fourth-order valence-corrected chi connectivity index (χ4v) is 4.31. The third-order valence-corrected chi connectivity index (χ3v) is 5.84. The Balaban J connectivity index is 1.58. The standard InChI is InChI=1S/C19H30N2O2/c1-4-20-12-18-10-17(20)13-21(18)11-15(3)16-6-5-9-23-19(22)14(2)7-8-16/h5-7,15-18H,4,8-13H2,1-3H3/b6-5+,14-7+. The Bertz CT molecular complexity index is 500. The highest BCUT2D eigenvalue weighted by Crippen LogP contribution is 2.32. The number of esters is 1. The molecule has 2 fully saturated rings. The number of nitrogens with zero attached hydrogens (tertiary/aromatic N) is 2. The van der Waals surface area contributed by atoms with E-state index in [-0.39, 0.29) is 5.97 Å². The van der Waals surface area contributed by atoms with Gasteiger partial charge in [-0.05, 0) is 38.1 Å². The quantitative estimate of drug-likeness (QED) is 0.589. The Morgan fingerprint density at radius 2 is 2.04 bits per heavy atom. The number of likely N-dealkylation sites (tertiary alicyclic amines) is 2. The third-order valence-electron chi connectivity index (χ3n) is 5.84. The first-order chi connectivity index (χ1) is 11.1. The van der Waals surface area contributed by atoms with Crippen molar-refractivity contribution in [1.82, 2.24) is 9.80 Å². The summed E-state index contributed by atoms with van der Waals surface area (Å²) < 4.78 is 5.19. The molecule has 0 N–H and O–H groups in total. The largest absolute Gasteiger partial charge is 0.458 e. The Morgan fingerprint density at radius 3 is 2.74 bits per heavy atom. The van der Waals surface area contributed by atoms with E-state index in [9.17, 15) is 4.79 Å². The van der Waals surface area contributed by atoms with Crippen LogP contribution in [-0.4, -0.2) is 60.6 Å². The number of piperazine rings is 1. The fourth-order valence-electron chi connectivity index (χ4n) is 4.31. The van der Waals surface area contributed by atoms with Gasteiger partial charge in [0.25, 0.3) is 0 Å². The minimum Gasteiger partial charge on any atom is -0.458 e. The van der Waals surface area contributed by atoms with Crippen LogP contribution in [0.4, 0.5) is 0 Å². The van der Waals surface area contributed by atoms with Crippen molar-refractivity contribution in [2.24, 2.45) is 11.8 Å². The van der Waals surface area contributed by atoms with Crippen molar-refractivity contribution in [3.63, 3.8) is 0 Å². The molecule has 4 heteroatoms. The number of fused-ring (bicyclic) bond motifs is 2. The zero-order valence-corrected chi connectivity index (χ0v) is 14.7. The average Bonchev–Trinajstić information content (AvgIpc) is 3.13. The van der Waals surface area contributed by atoms with E-state index in [4.69, 9.17) is 4.74 Å². The summed E-state index contributed by atoms with van der Waals surface area (Å²) in [7, 11) is 0. The van der Waals surface area contributed by atoms with Gasteiger partial charge in [-0.2, -0.15) is 0 Å². The molecule has 3 heterocycles.